The first-order chi connectivity index (χ1) is 12.1. The first-order valence-corrected chi connectivity index (χ1v) is 9.91. The van der Waals surface area contributed by atoms with Gasteiger partial charge < -0.3 is 4.90 Å². The van der Waals surface area contributed by atoms with Crippen molar-refractivity contribution >= 4 is 46.0 Å². The highest BCUT2D eigenvalue weighted by Crippen LogP contribution is 2.32. The van der Waals surface area contributed by atoms with Gasteiger partial charge in [0.05, 0.1) is 16.0 Å². The van der Waals surface area contributed by atoms with Crippen LogP contribution < -0.4 is 4.90 Å². The van der Waals surface area contributed by atoms with E-state index in [4.69, 9.17) is 11.6 Å². The Hall–Kier alpha value is -1.53. The highest BCUT2D eigenvalue weighted by Gasteiger charge is 2.32. The zero-order chi connectivity index (χ0) is 17.8. The van der Waals surface area contributed by atoms with Crippen molar-refractivity contribution in [2.24, 2.45) is 4.99 Å². The molecule has 0 radical (unpaired) electrons. The number of thioether (sulfide) groups is 1. The van der Waals surface area contributed by atoms with E-state index in [-0.39, 0.29) is 23.6 Å². The van der Waals surface area contributed by atoms with E-state index in [9.17, 15) is 9.59 Å². The number of carbonyl (C=O) groups is 2. The molecule has 3 rings (SSSR count). The fourth-order valence-electron chi connectivity index (χ4n) is 3.10. The van der Waals surface area contributed by atoms with Crippen LogP contribution in [0.4, 0.5) is 5.69 Å². The molecule has 0 saturated carbocycles. The van der Waals surface area contributed by atoms with E-state index in [1.807, 2.05) is 24.0 Å². The summed E-state index contributed by atoms with van der Waals surface area (Å²) < 4.78 is 0. The van der Waals surface area contributed by atoms with Crippen molar-refractivity contribution in [3.63, 3.8) is 0 Å². The summed E-state index contributed by atoms with van der Waals surface area (Å²) in [6, 6.07) is 7.20. The van der Waals surface area contributed by atoms with Crippen LogP contribution >= 0.6 is 23.4 Å². The first kappa shape index (κ1) is 18.3. The number of rotatable bonds is 3. The maximum absolute atomic E-state index is 12.8. The van der Waals surface area contributed by atoms with E-state index in [2.05, 4.69) is 4.99 Å². The number of carbonyl (C=O) groups excluding carboxylic acids is 2. The molecule has 2 amide bonds. The molecule has 2 heterocycles. The molecule has 0 unspecified atom stereocenters. The van der Waals surface area contributed by atoms with Crippen LogP contribution in [0, 0.1) is 0 Å². The van der Waals surface area contributed by atoms with Crippen molar-refractivity contribution in [1.82, 2.24) is 4.90 Å². The van der Waals surface area contributed by atoms with Gasteiger partial charge in [-0.2, -0.15) is 0 Å². The highest BCUT2D eigenvalue weighted by atomic mass is 35.5. The number of hydrogen-bond acceptors (Lipinski definition) is 4. The maximum Gasteiger partial charge on any atom is 0.254 e. The Labute approximate surface area is 157 Å². The minimum Gasteiger partial charge on any atom is -0.342 e. The third-order valence-electron chi connectivity index (χ3n) is 4.43. The van der Waals surface area contributed by atoms with E-state index in [1.54, 1.807) is 12.1 Å². The number of nitrogens with zero attached hydrogens (tertiary/aromatic N) is 3. The van der Waals surface area contributed by atoms with Gasteiger partial charge in [0.2, 0.25) is 5.91 Å². The van der Waals surface area contributed by atoms with Gasteiger partial charge in [-0.15, -0.1) is 0 Å². The average molecular weight is 380 g/mol. The van der Waals surface area contributed by atoms with Crippen molar-refractivity contribution in [1.29, 1.82) is 0 Å². The van der Waals surface area contributed by atoms with Crippen molar-refractivity contribution < 1.29 is 9.59 Å². The second-order valence-electron chi connectivity index (χ2n) is 6.28. The van der Waals surface area contributed by atoms with E-state index in [1.165, 1.54) is 29.5 Å². The Balaban J connectivity index is 1.71. The number of aliphatic imine (C=N–C) groups is 1. The summed E-state index contributed by atoms with van der Waals surface area (Å²) in [6.45, 7) is 3.62. The van der Waals surface area contributed by atoms with Gasteiger partial charge in [0.1, 0.15) is 6.54 Å². The molecule has 1 aromatic rings. The topological polar surface area (TPSA) is 53.0 Å². The summed E-state index contributed by atoms with van der Waals surface area (Å²) in [5.74, 6) is -0.00178. The molecule has 5 nitrogen and oxygen atoms in total. The largest absolute Gasteiger partial charge is 0.342 e. The summed E-state index contributed by atoms with van der Waals surface area (Å²) >= 11 is 7.58. The maximum atomic E-state index is 12.8. The molecule has 7 heteroatoms. The fourth-order valence-corrected chi connectivity index (χ4v) is 4.33. The number of para-hydroxylation sites is 1. The molecule has 2 aliphatic heterocycles. The fraction of sp³-hybridized carbons (Fsp3) is 0.500. The number of anilines is 1. The van der Waals surface area contributed by atoms with Crippen molar-refractivity contribution in [2.45, 2.75) is 37.9 Å². The highest BCUT2D eigenvalue weighted by molar-refractivity contribution is 8.15. The van der Waals surface area contributed by atoms with Crippen LogP contribution in [0.25, 0.3) is 0 Å². The Morgan fingerprint density at radius 2 is 1.88 bits per heavy atom. The van der Waals surface area contributed by atoms with Gasteiger partial charge in [0.25, 0.3) is 5.91 Å². The lowest BCUT2D eigenvalue weighted by molar-refractivity contribution is -0.130. The van der Waals surface area contributed by atoms with Crippen LogP contribution in [0.15, 0.2) is 29.3 Å². The molecular weight excluding hydrogens is 358 g/mol. The van der Waals surface area contributed by atoms with Crippen molar-refractivity contribution in [3.05, 3.63) is 29.3 Å². The molecule has 0 bridgehead atoms. The van der Waals surface area contributed by atoms with E-state index < -0.39 is 0 Å². The van der Waals surface area contributed by atoms with E-state index in [0.717, 1.165) is 25.9 Å². The number of benzene rings is 1. The zero-order valence-corrected chi connectivity index (χ0v) is 15.9. The molecule has 2 aliphatic rings. The average Bonchev–Trinajstić information content (AvgIpc) is 2.81. The molecule has 1 saturated heterocycles. The van der Waals surface area contributed by atoms with Crippen molar-refractivity contribution in [3.8, 4) is 0 Å². The lowest BCUT2D eigenvalue weighted by Crippen LogP contribution is -2.39. The zero-order valence-electron chi connectivity index (χ0n) is 14.3. The number of amides is 2. The van der Waals surface area contributed by atoms with Gasteiger partial charge in [0, 0.05) is 13.1 Å². The molecule has 0 aliphatic carbocycles. The first-order valence-electron chi connectivity index (χ1n) is 8.65. The standard InChI is InChI=1S/C18H22ClN3O2S/c1-13(17(24)21-10-6-2-3-7-11-21)25-18-20-12-16(23)22(18)15-9-5-4-8-14(15)19/h4-5,8-9,13H,2-3,6-7,10-12H2,1H3/t13-/m0/s1. The predicted molar refractivity (Wildman–Crippen MR) is 103 cm³/mol. The lowest BCUT2D eigenvalue weighted by atomic mass is 10.2. The number of amidine groups is 1. The molecular formula is C18H22ClN3O2S. The van der Waals surface area contributed by atoms with Gasteiger partial charge in [-0.05, 0) is 31.9 Å². The molecule has 0 aromatic heterocycles. The number of likely N-dealkylation sites (tertiary alicyclic amines) is 1. The molecule has 0 spiro atoms. The Kier molecular flexibility index (Phi) is 6.02. The molecule has 1 fully saturated rings. The molecule has 1 aromatic carbocycles. The smallest absolute Gasteiger partial charge is 0.254 e. The second kappa shape index (κ2) is 8.23. The van der Waals surface area contributed by atoms with Crippen LogP contribution in [0.5, 0.6) is 0 Å². The summed E-state index contributed by atoms with van der Waals surface area (Å²) in [5.41, 5.74) is 0.618. The predicted octanol–water partition coefficient (Wildman–Crippen LogP) is 3.57. The molecule has 25 heavy (non-hydrogen) atoms. The lowest BCUT2D eigenvalue weighted by Gasteiger charge is -2.25. The van der Waals surface area contributed by atoms with Gasteiger partial charge in [-0.1, -0.05) is 48.3 Å². The number of halogens is 1. The Morgan fingerprint density at radius 1 is 1.20 bits per heavy atom. The van der Waals surface area contributed by atoms with Gasteiger partial charge in [-0.25, -0.2) is 0 Å². The summed E-state index contributed by atoms with van der Waals surface area (Å²) in [7, 11) is 0. The SMILES string of the molecule is C[C@H](SC1=NCC(=O)N1c1ccccc1Cl)C(=O)N1CCCCCC1. The Bertz CT molecular complexity index is 687. The van der Waals surface area contributed by atoms with Crippen LogP contribution in [-0.2, 0) is 9.59 Å². The summed E-state index contributed by atoms with van der Waals surface area (Å²) in [6.07, 6.45) is 4.50. The van der Waals surface area contributed by atoms with Crippen molar-refractivity contribution in [2.75, 3.05) is 24.5 Å². The third kappa shape index (κ3) is 4.18. The number of hydrogen-bond donors (Lipinski definition) is 0. The normalized spacial score (nSPS) is 19.6. The van der Waals surface area contributed by atoms with Crippen LogP contribution in [-0.4, -0.2) is 46.8 Å². The second-order valence-corrected chi connectivity index (χ2v) is 7.99. The van der Waals surface area contributed by atoms with Gasteiger partial charge in [0.15, 0.2) is 5.17 Å². The minimum absolute atomic E-state index is 0.0954. The molecule has 0 N–H and O–H groups in total. The minimum atomic E-state index is -0.285. The Morgan fingerprint density at radius 3 is 2.56 bits per heavy atom. The van der Waals surface area contributed by atoms with E-state index in [0.29, 0.717) is 15.9 Å². The molecule has 134 valence electrons. The van der Waals surface area contributed by atoms with Crippen LogP contribution in [0.1, 0.15) is 32.6 Å². The van der Waals surface area contributed by atoms with Gasteiger partial charge >= 0.3 is 0 Å². The van der Waals surface area contributed by atoms with E-state index >= 15 is 0 Å². The molecule has 1 atom stereocenters. The summed E-state index contributed by atoms with van der Waals surface area (Å²) in [4.78, 5) is 32.8. The van der Waals surface area contributed by atoms with Gasteiger partial charge in [-0.3, -0.25) is 19.5 Å². The van der Waals surface area contributed by atoms with Crippen LogP contribution in [0.3, 0.4) is 0 Å². The quantitative estimate of drug-likeness (QED) is 0.806. The monoisotopic (exact) mass is 379 g/mol. The third-order valence-corrected chi connectivity index (χ3v) is 5.83. The summed E-state index contributed by atoms with van der Waals surface area (Å²) in [5, 5.41) is 0.763. The van der Waals surface area contributed by atoms with Crippen LogP contribution in [0.2, 0.25) is 5.02 Å².